The van der Waals surface area contributed by atoms with Crippen molar-refractivity contribution in [1.82, 2.24) is 4.98 Å². The fraction of sp³-hybridized carbons (Fsp3) is 0.333. The van der Waals surface area contributed by atoms with Gasteiger partial charge in [-0.3, -0.25) is 0 Å². The van der Waals surface area contributed by atoms with E-state index in [0.29, 0.717) is 0 Å². The van der Waals surface area contributed by atoms with Gasteiger partial charge >= 0.3 is 6.18 Å². The molecule has 0 saturated carbocycles. The molecule has 0 unspecified atom stereocenters. The summed E-state index contributed by atoms with van der Waals surface area (Å²) in [7, 11) is 0. The Kier molecular flexibility index (Phi) is 3.63. The molecule has 1 heterocycles. The number of nitriles is 1. The van der Waals surface area contributed by atoms with Gasteiger partial charge in [-0.2, -0.15) is 18.4 Å². The molecule has 0 spiro atoms. The van der Waals surface area contributed by atoms with Crippen molar-refractivity contribution >= 4 is 0 Å². The first-order valence-electron chi connectivity index (χ1n) is 4.21. The van der Waals surface area contributed by atoms with E-state index in [4.69, 9.17) is 10.4 Å². The van der Waals surface area contributed by atoms with Gasteiger partial charge in [0.2, 0.25) is 0 Å². The van der Waals surface area contributed by atoms with Crippen LogP contribution >= 0.6 is 0 Å². The molecular formula is C9H5F5N2O. The number of hydrogen-bond acceptors (Lipinski definition) is 3. The highest BCUT2D eigenvalue weighted by Gasteiger charge is 2.35. The van der Waals surface area contributed by atoms with Crippen LogP contribution in [0.3, 0.4) is 0 Å². The van der Waals surface area contributed by atoms with Gasteiger partial charge < -0.3 is 5.11 Å². The number of aliphatic hydroxyl groups excluding tert-OH is 1. The van der Waals surface area contributed by atoms with Crippen molar-refractivity contribution in [2.24, 2.45) is 0 Å². The summed E-state index contributed by atoms with van der Waals surface area (Å²) in [5.74, 6) is 0. The third-order valence-corrected chi connectivity index (χ3v) is 1.95. The number of halogens is 5. The molecule has 1 rings (SSSR count). The number of hydrogen-bond donors (Lipinski definition) is 1. The predicted octanol–water partition coefficient (Wildman–Crippen LogP) is 2.40. The molecule has 0 radical (unpaired) electrons. The smallest absolute Gasteiger partial charge is 0.392 e. The van der Waals surface area contributed by atoms with Gasteiger partial charge in [0.15, 0.2) is 0 Å². The fourth-order valence-corrected chi connectivity index (χ4v) is 1.19. The Hall–Kier alpha value is -1.75. The summed E-state index contributed by atoms with van der Waals surface area (Å²) in [5.41, 5.74) is -4.05. The third-order valence-electron chi connectivity index (χ3n) is 1.95. The molecule has 0 fully saturated rings. The molecule has 8 heteroatoms. The van der Waals surface area contributed by atoms with E-state index < -0.39 is 41.7 Å². The summed E-state index contributed by atoms with van der Waals surface area (Å²) in [6, 6.07) is 1.39. The zero-order valence-corrected chi connectivity index (χ0v) is 8.09. The number of alkyl halides is 5. The molecule has 0 bridgehead atoms. The van der Waals surface area contributed by atoms with Crippen molar-refractivity contribution in [3.63, 3.8) is 0 Å². The number of rotatable bonds is 2. The standard InChI is InChI=1S/C9H5F5N2O/c10-8(11)4-1-7(9(12,13)14)16-6(2-15)5(4)3-17/h1,8,17H,3H2. The Morgan fingerprint density at radius 3 is 2.35 bits per heavy atom. The summed E-state index contributed by atoms with van der Waals surface area (Å²) >= 11 is 0. The van der Waals surface area contributed by atoms with Gasteiger partial charge in [-0.25, -0.2) is 13.8 Å². The summed E-state index contributed by atoms with van der Waals surface area (Å²) in [4.78, 5) is 2.90. The van der Waals surface area contributed by atoms with Crippen molar-refractivity contribution in [2.45, 2.75) is 19.2 Å². The molecule has 0 saturated heterocycles. The second kappa shape index (κ2) is 4.63. The first-order chi connectivity index (χ1) is 7.81. The van der Waals surface area contributed by atoms with Crippen molar-refractivity contribution in [3.8, 4) is 6.07 Å². The van der Waals surface area contributed by atoms with E-state index in [2.05, 4.69) is 4.98 Å². The Balaban J connectivity index is 3.53. The zero-order valence-electron chi connectivity index (χ0n) is 8.09. The summed E-state index contributed by atoms with van der Waals surface area (Å²) in [5, 5.41) is 17.3. The largest absolute Gasteiger partial charge is 0.433 e. The van der Waals surface area contributed by atoms with Crippen molar-refractivity contribution in [2.75, 3.05) is 0 Å². The van der Waals surface area contributed by atoms with Crippen LogP contribution in [0.5, 0.6) is 0 Å². The minimum absolute atomic E-state index is 0.136. The molecule has 0 aromatic carbocycles. The van der Waals surface area contributed by atoms with Crippen LogP contribution in [-0.2, 0) is 12.8 Å². The first-order valence-corrected chi connectivity index (χ1v) is 4.21. The van der Waals surface area contributed by atoms with Gasteiger partial charge in [0.25, 0.3) is 6.43 Å². The van der Waals surface area contributed by atoms with Crippen LogP contribution in [0.15, 0.2) is 6.07 Å². The minimum atomic E-state index is -4.93. The molecule has 3 nitrogen and oxygen atoms in total. The minimum Gasteiger partial charge on any atom is -0.392 e. The number of aliphatic hydroxyl groups is 1. The molecule has 17 heavy (non-hydrogen) atoms. The quantitative estimate of drug-likeness (QED) is 0.822. The Bertz CT molecular complexity index is 464. The average Bonchev–Trinajstić information content (AvgIpc) is 2.25. The number of aromatic nitrogens is 1. The van der Waals surface area contributed by atoms with E-state index in [-0.39, 0.29) is 6.07 Å². The predicted molar refractivity (Wildman–Crippen MR) is 44.8 cm³/mol. The van der Waals surface area contributed by atoms with Crippen LogP contribution in [0, 0.1) is 11.3 Å². The molecule has 0 aliphatic heterocycles. The average molecular weight is 252 g/mol. The van der Waals surface area contributed by atoms with E-state index in [0.717, 1.165) is 0 Å². The Morgan fingerprint density at radius 2 is 2.00 bits per heavy atom. The van der Waals surface area contributed by atoms with Gasteiger partial charge in [0, 0.05) is 11.1 Å². The second-order valence-corrected chi connectivity index (χ2v) is 2.99. The SMILES string of the molecule is N#Cc1nc(C(F)(F)F)cc(C(F)F)c1CO. The van der Waals surface area contributed by atoms with Crippen molar-refractivity contribution < 1.29 is 27.1 Å². The maximum absolute atomic E-state index is 12.5. The maximum Gasteiger partial charge on any atom is 0.433 e. The molecule has 0 aliphatic carbocycles. The van der Waals surface area contributed by atoms with E-state index in [1.807, 2.05) is 0 Å². The van der Waals surface area contributed by atoms with Crippen molar-refractivity contribution in [1.29, 1.82) is 5.26 Å². The monoisotopic (exact) mass is 252 g/mol. The van der Waals surface area contributed by atoms with Gasteiger partial charge in [-0.05, 0) is 6.07 Å². The van der Waals surface area contributed by atoms with Crippen molar-refractivity contribution in [3.05, 3.63) is 28.6 Å². The lowest BCUT2D eigenvalue weighted by Gasteiger charge is -2.12. The lowest BCUT2D eigenvalue weighted by atomic mass is 10.1. The van der Waals surface area contributed by atoms with E-state index in [1.54, 1.807) is 0 Å². The molecule has 1 aromatic heterocycles. The number of pyridine rings is 1. The first kappa shape index (κ1) is 13.3. The lowest BCUT2D eigenvalue weighted by Crippen LogP contribution is -2.13. The number of nitrogens with zero attached hydrogens (tertiary/aromatic N) is 2. The molecule has 1 N–H and O–H groups in total. The van der Waals surface area contributed by atoms with Crippen LogP contribution in [0.4, 0.5) is 22.0 Å². The van der Waals surface area contributed by atoms with Gasteiger partial charge in [-0.1, -0.05) is 0 Å². The molecule has 0 atom stereocenters. The molecule has 0 aliphatic rings. The van der Waals surface area contributed by atoms with Crippen LogP contribution < -0.4 is 0 Å². The Labute approximate surface area is 92.1 Å². The Morgan fingerprint density at radius 1 is 1.41 bits per heavy atom. The van der Waals surface area contributed by atoms with Crippen LogP contribution in [-0.4, -0.2) is 10.1 Å². The van der Waals surface area contributed by atoms with Gasteiger partial charge in [0.05, 0.1) is 6.61 Å². The second-order valence-electron chi connectivity index (χ2n) is 2.99. The zero-order chi connectivity index (χ0) is 13.2. The third kappa shape index (κ3) is 2.68. The maximum atomic E-state index is 12.5. The van der Waals surface area contributed by atoms with Gasteiger partial charge in [-0.15, -0.1) is 0 Å². The van der Waals surface area contributed by atoms with Crippen LogP contribution in [0.1, 0.15) is 28.9 Å². The molecule has 1 aromatic rings. The highest BCUT2D eigenvalue weighted by atomic mass is 19.4. The summed E-state index contributed by atoms with van der Waals surface area (Å²) in [6.45, 7) is -0.978. The lowest BCUT2D eigenvalue weighted by molar-refractivity contribution is -0.141. The molecule has 92 valence electrons. The topological polar surface area (TPSA) is 56.9 Å². The molecular weight excluding hydrogens is 247 g/mol. The van der Waals surface area contributed by atoms with Crippen LogP contribution in [0.2, 0.25) is 0 Å². The van der Waals surface area contributed by atoms with Gasteiger partial charge in [0.1, 0.15) is 17.5 Å². The normalized spacial score (nSPS) is 11.6. The molecule has 0 amide bonds. The summed E-state index contributed by atoms with van der Waals surface area (Å²) in [6.07, 6.45) is -8.16. The van der Waals surface area contributed by atoms with E-state index in [9.17, 15) is 22.0 Å². The fourth-order valence-electron chi connectivity index (χ4n) is 1.19. The summed E-state index contributed by atoms with van der Waals surface area (Å²) < 4.78 is 61.9. The van der Waals surface area contributed by atoms with E-state index >= 15 is 0 Å². The highest BCUT2D eigenvalue weighted by Crippen LogP contribution is 2.33. The van der Waals surface area contributed by atoms with Crippen LogP contribution in [0.25, 0.3) is 0 Å². The highest BCUT2D eigenvalue weighted by molar-refractivity contribution is 5.40. The van der Waals surface area contributed by atoms with E-state index in [1.165, 1.54) is 6.07 Å².